The van der Waals surface area contributed by atoms with Gasteiger partial charge in [-0.25, -0.2) is 0 Å². The molecule has 0 aromatic carbocycles. The van der Waals surface area contributed by atoms with Gasteiger partial charge >= 0.3 is 5.97 Å². The molecule has 0 bridgehead atoms. The molecule has 0 N–H and O–H groups in total. The Morgan fingerprint density at radius 3 is 2.53 bits per heavy atom. The molecule has 17 heavy (non-hydrogen) atoms. The quantitative estimate of drug-likeness (QED) is 0.701. The Hall–Kier alpha value is -0.610. The molecule has 2 rings (SSSR count). The zero-order valence-electron chi connectivity index (χ0n) is 10.7. The van der Waals surface area contributed by atoms with Gasteiger partial charge in [0.15, 0.2) is 0 Å². The molecule has 0 amide bonds. The SMILES string of the molecule is CC(=O)OC1(CCN2CCOCC2)CCCC1. The highest BCUT2D eigenvalue weighted by atomic mass is 16.6. The molecule has 4 nitrogen and oxygen atoms in total. The highest BCUT2D eigenvalue weighted by Crippen LogP contribution is 2.36. The lowest BCUT2D eigenvalue weighted by Gasteiger charge is -2.33. The van der Waals surface area contributed by atoms with Crippen molar-refractivity contribution in [1.29, 1.82) is 0 Å². The summed E-state index contributed by atoms with van der Waals surface area (Å²) in [5.74, 6) is -0.131. The summed E-state index contributed by atoms with van der Waals surface area (Å²) in [7, 11) is 0. The van der Waals surface area contributed by atoms with Gasteiger partial charge in [0.05, 0.1) is 13.2 Å². The van der Waals surface area contributed by atoms with Gasteiger partial charge in [-0.1, -0.05) is 0 Å². The number of esters is 1. The van der Waals surface area contributed by atoms with E-state index in [1.54, 1.807) is 0 Å². The number of carbonyl (C=O) groups excluding carboxylic acids is 1. The van der Waals surface area contributed by atoms with E-state index in [0.29, 0.717) is 0 Å². The van der Waals surface area contributed by atoms with Crippen molar-refractivity contribution in [3.63, 3.8) is 0 Å². The molecule has 0 atom stereocenters. The van der Waals surface area contributed by atoms with Crippen molar-refractivity contribution >= 4 is 5.97 Å². The molecule has 1 aliphatic carbocycles. The van der Waals surface area contributed by atoms with E-state index >= 15 is 0 Å². The maximum absolute atomic E-state index is 11.2. The van der Waals surface area contributed by atoms with E-state index < -0.39 is 0 Å². The second-order valence-corrected chi connectivity index (χ2v) is 5.19. The van der Waals surface area contributed by atoms with Gasteiger partial charge in [0.2, 0.25) is 0 Å². The molecular formula is C13H23NO3. The number of rotatable bonds is 4. The Bertz CT molecular complexity index is 255. The van der Waals surface area contributed by atoms with Gasteiger partial charge in [-0.05, 0) is 32.1 Å². The van der Waals surface area contributed by atoms with Crippen LogP contribution in [0.25, 0.3) is 0 Å². The predicted molar refractivity (Wildman–Crippen MR) is 64.8 cm³/mol. The molecule has 2 aliphatic rings. The summed E-state index contributed by atoms with van der Waals surface area (Å²) < 4.78 is 10.9. The van der Waals surface area contributed by atoms with Crippen LogP contribution in [0.3, 0.4) is 0 Å². The molecule has 0 radical (unpaired) electrons. The van der Waals surface area contributed by atoms with Crippen LogP contribution in [0.15, 0.2) is 0 Å². The minimum atomic E-state index is -0.163. The van der Waals surface area contributed by atoms with Crippen molar-refractivity contribution in [1.82, 2.24) is 4.90 Å². The Labute approximate surface area is 103 Å². The van der Waals surface area contributed by atoms with Gasteiger partial charge in [-0.3, -0.25) is 9.69 Å². The molecule has 0 spiro atoms. The number of ether oxygens (including phenoxy) is 2. The van der Waals surface area contributed by atoms with E-state index in [2.05, 4.69) is 4.90 Å². The van der Waals surface area contributed by atoms with Crippen molar-refractivity contribution in [3.8, 4) is 0 Å². The molecule has 98 valence electrons. The maximum atomic E-state index is 11.2. The minimum absolute atomic E-state index is 0.131. The average Bonchev–Trinajstić information content (AvgIpc) is 2.76. The summed E-state index contributed by atoms with van der Waals surface area (Å²) in [5, 5.41) is 0. The molecule has 1 saturated heterocycles. The lowest BCUT2D eigenvalue weighted by Crippen LogP contribution is -2.41. The lowest BCUT2D eigenvalue weighted by molar-refractivity contribution is -0.157. The normalized spacial score (nSPS) is 24.8. The van der Waals surface area contributed by atoms with Gasteiger partial charge in [-0.15, -0.1) is 0 Å². The summed E-state index contributed by atoms with van der Waals surface area (Å²) in [6.07, 6.45) is 5.44. The molecule has 1 saturated carbocycles. The molecule has 0 aromatic rings. The Morgan fingerprint density at radius 2 is 1.94 bits per heavy atom. The zero-order valence-corrected chi connectivity index (χ0v) is 10.7. The molecule has 4 heteroatoms. The fraction of sp³-hybridized carbons (Fsp3) is 0.923. The standard InChI is InChI=1S/C13H23NO3/c1-12(15)17-13(4-2-3-5-13)6-7-14-8-10-16-11-9-14/h2-11H2,1H3. The van der Waals surface area contributed by atoms with Crippen molar-refractivity contribution in [3.05, 3.63) is 0 Å². The van der Waals surface area contributed by atoms with Crippen LogP contribution < -0.4 is 0 Å². The monoisotopic (exact) mass is 241 g/mol. The smallest absolute Gasteiger partial charge is 0.303 e. The van der Waals surface area contributed by atoms with E-state index in [1.807, 2.05) is 0 Å². The fourth-order valence-electron chi connectivity index (χ4n) is 2.91. The number of carbonyl (C=O) groups is 1. The van der Waals surface area contributed by atoms with Crippen molar-refractivity contribution in [2.24, 2.45) is 0 Å². The number of hydrogen-bond donors (Lipinski definition) is 0. The van der Waals surface area contributed by atoms with Crippen molar-refractivity contribution in [2.45, 2.75) is 44.6 Å². The molecule has 0 unspecified atom stereocenters. The van der Waals surface area contributed by atoms with E-state index in [4.69, 9.17) is 9.47 Å². The first kappa shape index (κ1) is 12.8. The number of hydrogen-bond acceptors (Lipinski definition) is 4. The minimum Gasteiger partial charge on any atom is -0.459 e. The summed E-state index contributed by atoms with van der Waals surface area (Å²) in [4.78, 5) is 13.6. The van der Waals surface area contributed by atoms with E-state index in [9.17, 15) is 4.79 Å². The first-order valence-electron chi connectivity index (χ1n) is 6.70. The third kappa shape index (κ3) is 3.68. The van der Waals surface area contributed by atoms with Gasteiger partial charge in [0.25, 0.3) is 0 Å². The van der Waals surface area contributed by atoms with Crippen LogP contribution in [0, 0.1) is 0 Å². The van der Waals surface area contributed by atoms with Crippen molar-refractivity contribution in [2.75, 3.05) is 32.8 Å². The second kappa shape index (κ2) is 5.83. The highest BCUT2D eigenvalue weighted by molar-refractivity contribution is 5.66. The van der Waals surface area contributed by atoms with Crippen LogP contribution >= 0.6 is 0 Å². The predicted octanol–water partition coefficient (Wildman–Crippen LogP) is 1.58. The third-order valence-corrected chi connectivity index (χ3v) is 3.86. The largest absolute Gasteiger partial charge is 0.459 e. The van der Waals surface area contributed by atoms with Gasteiger partial charge in [0.1, 0.15) is 5.60 Å². The first-order valence-corrected chi connectivity index (χ1v) is 6.70. The average molecular weight is 241 g/mol. The zero-order chi connectivity index (χ0) is 12.1. The highest BCUT2D eigenvalue weighted by Gasteiger charge is 2.37. The summed E-state index contributed by atoms with van der Waals surface area (Å²) in [6.45, 7) is 6.23. The first-order chi connectivity index (χ1) is 8.20. The van der Waals surface area contributed by atoms with Gasteiger partial charge in [0, 0.05) is 26.6 Å². The Morgan fingerprint density at radius 1 is 1.29 bits per heavy atom. The van der Waals surface area contributed by atoms with Crippen LogP contribution in [0.5, 0.6) is 0 Å². The summed E-state index contributed by atoms with van der Waals surface area (Å²) in [6, 6.07) is 0. The van der Waals surface area contributed by atoms with Crippen molar-refractivity contribution < 1.29 is 14.3 Å². The maximum Gasteiger partial charge on any atom is 0.303 e. The topological polar surface area (TPSA) is 38.8 Å². The van der Waals surface area contributed by atoms with Crippen LogP contribution in [-0.4, -0.2) is 49.3 Å². The summed E-state index contributed by atoms with van der Waals surface area (Å²) in [5.41, 5.74) is -0.163. The molecule has 0 aromatic heterocycles. The fourth-order valence-corrected chi connectivity index (χ4v) is 2.91. The van der Waals surface area contributed by atoms with Crippen LogP contribution in [-0.2, 0) is 14.3 Å². The summed E-state index contributed by atoms with van der Waals surface area (Å²) >= 11 is 0. The van der Waals surface area contributed by atoms with Gasteiger partial charge in [-0.2, -0.15) is 0 Å². The molecule has 2 fully saturated rings. The second-order valence-electron chi connectivity index (χ2n) is 5.19. The number of morpholine rings is 1. The third-order valence-electron chi connectivity index (χ3n) is 3.86. The van der Waals surface area contributed by atoms with Crippen LogP contribution in [0.1, 0.15) is 39.0 Å². The molecule has 1 heterocycles. The van der Waals surface area contributed by atoms with E-state index in [-0.39, 0.29) is 11.6 Å². The lowest BCUT2D eigenvalue weighted by atomic mass is 9.97. The van der Waals surface area contributed by atoms with Crippen LogP contribution in [0.2, 0.25) is 0 Å². The molecule has 1 aliphatic heterocycles. The van der Waals surface area contributed by atoms with Gasteiger partial charge < -0.3 is 9.47 Å². The Kier molecular flexibility index (Phi) is 4.40. The number of nitrogens with zero attached hydrogens (tertiary/aromatic N) is 1. The Balaban J connectivity index is 1.82. The van der Waals surface area contributed by atoms with E-state index in [0.717, 1.165) is 52.1 Å². The molecular weight excluding hydrogens is 218 g/mol. The van der Waals surface area contributed by atoms with E-state index in [1.165, 1.54) is 19.8 Å². The van der Waals surface area contributed by atoms with Crippen LogP contribution in [0.4, 0.5) is 0 Å².